The fraction of sp³-hybridized carbons (Fsp3) is 0.180. The summed E-state index contributed by atoms with van der Waals surface area (Å²) in [6.45, 7) is 8.23. The monoisotopic (exact) mass is 869 g/mol. The summed E-state index contributed by atoms with van der Waals surface area (Å²) in [7, 11) is 1.57. The van der Waals surface area contributed by atoms with Gasteiger partial charge in [0, 0.05) is 71.7 Å². The van der Waals surface area contributed by atoms with Crippen molar-refractivity contribution < 1.29 is 33.1 Å². The second kappa shape index (κ2) is 34.7. The molecule has 1 heterocycles. The largest absolute Gasteiger partial charge is 0.495 e. The highest BCUT2D eigenvalue weighted by Gasteiger charge is 2.15. The van der Waals surface area contributed by atoms with Gasteiger partial charge in [-0.05, 0) is 140 Å². The van der Waals surface area contributed by atoms with Crippen LogP contribution in [-0.2, 0) is 0 Å². The van der Waals surface area contributed by atoms with Crippen LogP contribution in [0.5, 0.6) is 5.75 Å². The zero-order valence-corrected chi connectivity index (χ0v) is 35.4. The van der Waals surface area contributed by atoms with Gasteiger partial charge < -0.3 is 30.8 Å². The van der Waals surface area contributed by atoms with Gasteiger partial charge in [0.2, 0.25) is 0 Å². The smallest absolute Gasteiger partial charge is 0.319 e. The summed E-state index contributed by atoms with van der Waals surface area (Å²) in [6.07, 6.45) is 8.70. The number of nitrogens with zero attached hydrogens (tertiary/aromatic N) is 5. The highest BCUT2D eigenvalue weighted by molar-refractivity contribution is 5.91. The summed E-state index contributed by atoms with van der Waals surface area (Å²) in [5.74, 6) is 62.6. The second-order valence-electron chi connectivity index (χ2n) is 11.1. The van der Waals surface area contributed by atoms with Crippen LogP contribution in [0.2, 0.25) is 0 Å². The molecule has 1 atom stereocenters. The van der Waals surface area contributed by atoms with Crippen LogP contribution < -0.4 is 32.1 Å². The molecule has 0 spiro atoms. The van der Waals surface area contributed by atoms with Crippen LogP contribution in [0.3, 0.4) is 0 Å². The molecule has 0 radical (unpaired) electrons. The maximum absolute atomic E-state index is 11.9. The highest BCUT2D eigenvalue weighted by atomic mass is 16.7. The first kappa shape index (κ1) is 51.7. The van der Waals surface area contributed by atoms with Crippen molar-refractivity contribution in [3.05, 3.63) is 76.1 Å². The van der Waals surface area contributed by atoms with Crippen LogP contribution in [-0.4, -0.2) is 34.7 Å². The van der Waals surface area contributed by atoms with Crippen molar-refractivity contribution in [1.29, 1.82) is 0 Å². The molecule has 0 aliphatic carbocycles. The van der Waals surface area contributed by atoms with E-state index in [4.69, 9.17) is 16.1 Å². The number of urea groups is 1. The van der Waals surface area contributed by atoms with Crippen LogP contribution in [0, 0.1) is 160 Å². The maximum atomic E-state index is 11.9. The van der Waals surface area contributed by atoms with Crippen molar-refractivity contribution in [2.45, 2.75) is 46.6 Å². The number of nitrogens with two attached hydrogens (primary N) is 1. The van der Waals surface area contributed by atoms with E-state index in [9.17, 15) is 14.9 Å². The quantitative estimate of drug-likeness (QED) is 0.0413. The Morgan fingerprint density at radius 1 is 0.859 bits per heavy atom. The predicted molar refractivity (Wildman–Crippen MR) is 276 cm³/mol. The molecule has 2 aromatic carbocycles. The second-order valence-corrected chi connectivity index (χ2v) is 11.1. The van der Waals surface area contributed by atoms with Gasteiger partial charge in [0.15, 0.2) is 5.22 Å². The van der Waals surface area contributed by atoms with Crippen LogP contribution in [0.4, 0.5) is 16.3 Å². The van der Waals surface area contributed by atoms with E-state index in [2.05, 4.69) is 205 Å². The number of aryl methyl sites for hydroxylation is 1. The SMILES string of the molecule is C#CC#CC#CC#CC#CC#CC#CC#CC#CC#CC#CC#CC.CCCC(Nc1nc(-c2ccc(NC(=O)NCC)c(OC)c2)cnc1C)c1ccccc1.NN=NN[N+](=O)[O-].[HH].[HH].[HH].[HH].[HH].[HH].[HH].[HH].[HH].[HH].[HH].[HH].[HH]. The molecule has 0 bridgehead atoms. The summed E-state index contributed by atoms with van der Waals surface area (Å²) in [5.41, 5.74) is 5.59. The molecule has 14 heteroatoms. The Morgan fingerprint density at radius 3 is 1.83 bits per heavy atom. The third kappa shape index (κ3) is 24.5. The average Bonchev–Trinajstić information content (AvgIpc) is 3.30. The van der Waals surface area contributed by atoms with Crippen LogP contribution in [0.15, 0.2) is 65.2 Å². The number of carbonyl (C=O) groups excluding carboxylic acids is 1. The summed E-state index contributed by atoms with van der Waals surface area (Å²) in [6, 6.07) is 15.8. The standard InChI is InChI=1S/C25H31N5O2.C25H4.H3N5O2.13H2/c1-5-10-20(18-11-8-7-9-12-18)28-24-17(3)27-16-22(29-24)19-13-14-21(23(15-19)32-4)30-25(31)26-6-2;1-3-5-7-9-11-13-15-17-19-21-23-25-24-22-20-18-16-14-12-10-8-6-4-2;1-2-3-4-5(6)7;;;;;;;;;;;;;/h7-9,11-16,20H,5-6,10H2,1-4H3,(H,28,29)(H2,26,30,31);1H,2H3;(H2,1,3)(H,2,4);13*1H. The average molecular weight is 869 g/mol. The molecule has 1 aromatic heterocycles. The number of methoxy groups -OCH3 is 1. The van der Waals surface area contributed by atoms with Crippen molar-refractivity contribution in [3.63, 3.8) is 0 Å². The van der Waals surface area contributed by atoms with Gasteiger partial charge in [-0.25, -0.2) is 9.78 Å². The zero-order valence-electron chi connectivity index (χ0n) is 35.4. The number of nitrogens with one attached hydrogen (secondary N) is 4. The lowest BCUT2D eigenvalue weighted by atomic mass is 10.0. The number of anilines is 2. The lowest BCUT2D eigenvalue weighted by molar-refractivity contribution is -0.546. The van der Waals surface area contributed by atoms with Crippen molar-refractivity contribution in [1.82, 2.24) is 20.8 Å². The van der Waals surface area contributed by atoms with Gasteiger partial charge in [-0.3, -0.25) is 10.8 Å². The zero-order chi connectivity index (χ0) is 46.9. The Balaban J connectivity index is -0.0000000758. The summed E-state index contributed by atoms with van der Waals surface area (Å²) < 4.78 is 5.49. The third-order valence-electron chi connectivity index (χ3n) is 6.76. The Bertz CT molecular complexity index is 2950. The number of hydrogen-bond donors (Lipinski definition) is 5. The van der Waals surface area contributed by atoms with E-state index in [0.717, 1.165) is 35.6 Å². The topological polar surface area (TPSA) is 194 Å². The maximum Gasteiger partial charge on any atom is 0.319 e. The summed E-state index contributed by atoms with van der Waals surface area (Å²) in [4.78, 5) is 30.5. The number of carbonyl (C=O) groups is 1. The van der Waals surface area contributed by atoms with E-state index in [1.807, 2.05) is 38.1 Å². The van der Waals surface area contributed by atoms with Gasteiger partial charge in [-0.1, -0.05) is 55.7 Å². The van der Waals surface area contributed by atoms with Gasteiger partial charge in [0.25, 0.3) is 0 Å². The molecule has 3 rings (SSSR count). The number of hydrazine groups is 1. The lowest BCUT2D eigenvalue weighted by Gasteiger charge is -2.20. The van der Waals surface area contributed by atoms with Crippen molar-refractivity contribution in [2.24, 2.45) is 16.3 Å². The van der Waals surface area contributed by atoms with Gasteiger partial charge >= 0.3 is 6.03 Å². The molecule has 338 valence electrons. The number of benzene rings is 2. The van der Waals surface area contributed by atoms with E-state index in [1.54, 1.807) is 20.2 Å². The minimum Gasteiger partial charge on any atom is -0.495 e. The van der Waals surface area contributed by atoms with Gasteiger partial charge in [0.05, 0.1) is 46.7 Å². The molecule has 0 saturated carbocycles. The van der Waals surface area contributed by atoms with Crippen LogP contribution in [0.1, 0.15) is 69.5 Å². The highest BCUT2D eigenvalue weighted by Crippen LogP contribution is 2.31. The number of ether oxygens (including phenoxy) is 1. The molecule has 6 N–H and O–H groups in total. The molecule has 0 fully saturated rings. The number of hydrogen-bond acceptors (Lipinski definition) is 9. The number of nitro groups is 1. The third-order valence-corrected chi connectivity index (χ3v) is 6.76. The Hall–Kier alpha value is -10.3. The van der Waals surface area contributed by atoms with Crippen molar-refractivity contribution >= 4 is 17.5 Å². The fourth-order valence-electron chi connectivity index (χ4n) is 4.22. The van der Waals surface area contributed by atoms with E-state index in [-0.39, 0.29) is 30.6 Å². The number of terminal acetylenes is 1. The molecule has 2 amide bonds. The Kier molecular flexibility index (Phi) is 28.1. The fourth-order valence-corrected chi connectivity index (χ4v) is 4.22. The van der Waals surface area contributed by atoms with E-state index in [0.29, 0.717) is 18.0 Å². The molecule has 0 aliphatic rings. The molecule has 0 aliphatic heterocycles. The molecule has 64 heavy (non-hydrogen) atoms. The molecular formula is C50H64N10O4. The first-order valence-electron chi connectivity index (χ1n) is 18.5. The van der Waals surface area contributed by atoms with Gasteiger partial charge in [0.1, 0.15) is 11.6 Å². The number of rotatable bonds is 11. The first-order chi connectivity index (χ1) is 31.2. The molecule has 1 unspecified atom stereocenters. The number of aromatic nitrogens is 2. The van der Waals surface area contributed by atoms with Crippen LogP contribution >= 0.6 is 0 Å². The normalized spacial score (nSPS) is 8.25. The van der Waals surface area contributed by atoms with Crippen molar-refractivity contribution in [2.75, 3.05) is 24.3 Å². The number of amides is 2. The molecule has 0 saturated heterocycles. The van der Waals surface area contributed by atoms with Gasteiger partial charge in [-0.15, -0.1) is 6.42 Å². The summed E-state index contributed by atoms with van der Waals surface area (Å²) >= 11 is 0. The molecule has 3 aromatic rings. The molecule has 14 nitrogen and oxygen atoms in total. The van der Waals surface area contributed by atoms with E-state index in [1.165, 1.54) is 11.1 Å². The summed E-state index contributed by atoms with van der Waals surface area (Å²) in [5, 5.41) is 22.6. The Labute approximate surface area is 394 Å². The minimum atomic E-state index is -0.879. The Morgan fingerprint density at radius 2 is 1.39 bits per heavy atom. The predicted octanol–water partition coefficient (Wildman–Crippen LogP) is 8.44. The van der Waals surface area contributed by atoms with Crippen LogP contribution in [0.25, 0.3) is 11.3 Å². The van der Waals surface area contributed by atoms with E-state index < -0.39 is 5.03 Å². The minimum absolute atomic E-state index is 0. The van der Waals surface area contributed by atoms with Gasteiger partial charge in [-0.2, -0.15) is 0 Å². The van der Waals surface area contributed by atoms with Crippen molar-refractivity contribution in [3.8, 4) is 160 Å². The molecular weight excluding hydrogens is 805 g/mol. The first-order valence-corrected chi connectivity index (χ1v) is 18.5. The van der Waals surface area contributed by atoms with E-state index >= 15 is 0 Å². The lowest BCUT2D eigenvalue weighted by Crippen LogP contribution is -2.28.